The zero-order chi connectivity index (χ0) is 20.1. The van der Waals surface area contributed by atoms with Crippen molar-refractivity contribution >= 4 is 22.8 Å². The minimum atomic E-state index is -0.524. The number of nitrogens with one attached hydrogen (secondary N) is 1. The summed E-state index contributed by atoms with van der Waals surface area (Å²) in [5.41, 5.74) is 6.83. The number of likely N-dealkylation sites (N-methyl/N-ethyl adjacent to an activating group) is 1. The van der Waals surface area contributed by atoms with E-state index in [2.05, 4.69) is 22.8 Å². The number of hydrogen-bond donors (Lipinski definition) is 2. The van der Waals surface area contributed by atoms with E-state index in [1.165, 1.54) is 22.2 Å². The quantitative estimate of drug-likeness (QED) is 0.533. The van der Waals surface area contributed by atoms with Gasteiger partial charge in [-0.05, 0) is 29.3 Å². The summed E-state index contributed by atoms with van der Waals surface area (Å²) >= 11 is 0. The Balaban J connectivity index is 1.59. The van der Waals surface area contributed by atoms with Crippen LogP contribution in [0.3, 0.4) is 0 Å². The van der Waals surface area contributed by atoms with E-state index >= 15 is 0 Å². The molecule has 0 radical (unpaired) electrons. The van der Waals surface area contributed by atoms with Crippen LogP contribution >= 0.6 is 0 Å². The van der Waals surface area contributed by atoms with Crippen LogP contribution in [0.2, 0.25) is 0 Å². The first-order chi connectivity index (χ1) is 14.1. The number of hydrogen-bond acceptors (Lipinski definition) is 3. The Morgan fingerprint density at radius 2 is 1.90 bits per heavy atom. The van der Waals surface area contributed by atoms with Crippen molar-refractivity contribution in [3.8, 4) is 0 Å². The fourth-order valence-corrected chi connectivity index (χ4v) is 4.75. The van der Waals surface area contributed by atoms with Crippen molar-refractivity contribution in [2.75, 3.05) is 20.1 Å². The first-order valence-corrected chi connectivity index (χ1v) is 9.70. The third-order valence-corrected chi connectivity index (χ3v) is 6.06. The molecule has 2 aromatic carbocycles. The van der Waals surface area contributed by atoms with Gasteiger partial charge in [-0.25, -0.2) is 10.3 Å². The molecule has 1 saturated heterocycles. The lowest BCUT2D eigenvalue weighted by Gasteiger charge is -2.42. The van der Waals surface area contributed by atoms with Crippen LogP contribution in [0.25, 0.3) is 10.9 Å². The molecular formula is C22H22N4O3. The van der Waals surface area contributed by atoms with Crippen LogP contribution < -0.4 is 5.48 Å². The summed E-state index contributed by atoms with van der Waals surface area (Å²) in [6.07, 6.45) is 0. The van der Waals surface area contributed by atoms with E-state index in [4.69, 9.17) is 5.21 Å². The third kappa shape index (κ3) is 2.77. The molecule has 7 nitrogen and oxygen atoms in total. The number of amides is 3. The standard InChI is InChI=1S/C22H22N4O3/c1-24-11-16-12-25(22(24)28)13-19-20(16)17-4-2-3-5-18(17)26(19)10-14-6-8-15(9-7-14)21(27)23-29/h2-9,16,29H,10-13H2,1H3,(H,23,27). The summed E-state index contributed by atoms with van der Waals surface area (Å²) < 4.78 is 2.30. The molecule has 5 rings (SSSR count). The van der Waals surface area contributed by atoms with Crippen molar-refractivity contribution in [1.29, 1.82) is 0 Å². The second-order valence-corrected chi connectivity index (χ2v) is 7.84. The lowest BCUT2D eigenvalue weighted by Crippen LogP contribution is -2.53. The van der Waals surface area contributed by atoms with E-state index in [1.807, 2.05) is 35.0 Å². The van der Waals surface area contributed by atoms with Crippen molar-refractivity contribution in [3.63, 3.8) is 0 Å². The largest absolute Gasteiger partial charge is 0.338 e. The number of nitrogens with zero attached hydrogens (tertiary/aromatic N) is 3. The van der Waals surface area contributed by atoms with Crippen LogP contribution in [-0.4, -0.2) is 51.6 Å². The van der Waals surface area contributed by atoms with E-state index in [0.717, 1.165) is 18.7 Å². The maximum Gasteiger partial charge on any atom is 0.320 e. The van der Waals surface area contributed by atoms with Gasteiger partial charge in [-0.2, -0.15) is 0 Å². The summed E-state index contributed by atoms with van der Waals surface area (Å²) in [4.78, 5) is 27.9. The van der Waals surface area contributed by atoms with Gasteiger partial charge < -0.3 is 14.4 Å². The number of aromatic nitrogens is 1. The molecule has 3 heterocycles. The zero-order valence-corrected chi connectivity index (χ0v) is 16.1. The number of para-hydroxylation sites is 1. The van der Waals surface area contributed by atoms with Gasteiger partial charge >= 0.3 is 6.03 Å². The molecule has 0 aliphatic carbocycles. The number of urea groups is 1. The number of hydroxylamine groups is 1. The highest BCUT2D eigenvalue weighted by Crippen LogP contribution is 2.40. The molecule has 3 aromatic rings. The molecule has 2 aliphatic rings. The summed E-state index contributed by atoms with van der Waals surface area (Å²) in [7, 11) is 1.87. The molecule has 1 atom stereocenters. The number of benzene rings is 2. The molecule has 1 fully saturated rings. The average molecular weight is 390 g/mol. The molecule has 2 bridgehead atoms. The van der Waals surface area contributed by atoms with Crippen molar-refractivity contribution in [1.82, 2.24) is 19.8 Å². The van der Waals surface area contributed by atoms with E-state index < -0.39 is 5.91 Å². The molecular weight excluding hydrogens is 368 g/mol. The van der Waals surface area contributed by atoms with Gasteiger partial charge in [0, 0.05) is 54.8 Å². The lowest BCUT2D eigenvalue weighted by molar-refractivity contribution is 0.0706. The predicted molar refractivity (Wildman–Crippen MR) is 108 cm³/mol. The maximum absolute atomic E-state index is 12.5. The number of rotatable bonds is 3. The zero-order valence-electron chi connectivity index (χ0n) is 16.1. The minimum absolute atomic E-state index is 0.0862. The highest BCUT2D eigenvalue weighted by atomic mass is 16.5. The van der Waals surface area contributed by atoms with E-state index in [1.54, 1.807) is 17.6 Å². The number of carbonyl (C=O) groups is 2. The molecule has 1 aromatic heterocycles. The highest BCUT2D eigenvalue weighted by molar-refractivity contribution is 5.93. The van der Waals surface area contributed by atoms with Crippen LogP contribution in [0.5, 0.6) is 0 Å². The molecule has 7 heteroatoms. The lowest BCUT2D eigenvalue weighted by atomic mass is 9.90. The topological polar surface area (TPSA) is 77.8 Å². The summed E-state index contributed by atoms with van der Waals surface area (Å²) in [6, 6.07) is 15.7. The van der Waals surface area contributed by atoms with Gasteiger partial charge in [0.25, 0.3) is 5.91 Å². The van der Waals surface area contributed by atoms with Crippen molar-refractivity contribution in [2.24, 2.45) is 0 Å². The van der Waals surface area contributed by atoms with Gasteiger partial charge in [-0.15, -0.1) is 0 Å². The van der Waals surface area contributed by atoms with Gasteiger partial charge in [0.2, 0.25) is 0 Å². The maximum atomic E-state index is 12.5. The number of carbonyl (C=O) groups excluding carboxylic acids is 2. The van der Waals surface area contributed by atoms with E-state index in [9.17, 15) is 9.59 Å². The van der Waals surface area contributed by atoms with Crippen LogP contribution in [0.1, 0.15) is 33.1 Å². The van der Waals surface area contributed by atoms with Gasteiger partial charge in [0.1, 0.15) is 0 Å². The van der Waals surface area contributed by atoms with Crippen LogP contribution in [0, 0.1) is 0 Å². The molecule has 148 valence electrons. The highest BCUT2D eigenvalue weighted by Gasteiger charge is 2.38. The second kappa shape index (κ2) is 6.63. The normalized spacial score (nSPS) is 18.1. The van der Waals surface area contributed by atoms with E-state index in [0.29, 0.717) is 24.6 Å². The van der Waals surface area contributed by atoms with Crippen molar-refractivity contribution in [3.05, 3.63) is 70.9 Å². The third-order valence-electron chi connectivity index (χ3n) is 6.06. The van der Waals surface area contributed by atoms with E-state index in [-0.39, 0.29) is 6.03 Å². The smallest absolute Gasteiger partial charge is 0.320 e. The molecule has 29 heavy (non-hydrogen) atoms. The first kappa shape index (κ1) is 17.8. The monoisotopic (exact) mass is 390 g/mol. The molecule has 3 amide bonds. The van der Waals surface area contributed by atoms with Gasteiger partial charge in [-0.3, -0.25) is 10.0 Å². The first-order valence-electron chi connectivity index (χ1n) is 9.70. The Hall–Kier alpha value is -3.32. The molecule has 1 unspecified atom stereocenters. The Labute approximate surface area is 168 Å². The van der Waals surface area contributed by atoms with Crippen LogP contribution in [-0.2, 0) is 13.1 Å². The van der Waals surface area contributed by atoms with Gasteiger partial charge in [-0.1, -0.05) is 30.3 Å². The second-order valence-electron chi connectivity index (χ2n) is 7.84. The predicted octanol–water partition coefficient (Wildman–Crippen LogP) is 2.77. The summed E-state index contributed by atoms with van der Waals surface area (Å²) in [5, 5.41) is 10.1. The van der Waals surface area contributed by atoms with Crippen molar-refractivity contribution in [2.45, 2.75) is 19.0 Å². The fourth-order valence-electron chi connectivity index (χ4n) is 4.75. The Morgan fingerprint density at radius 3 is 2.66 bits per heavy atom. The Kier molecular flexibility index (Phi) is 4.06. The SMILES string of the molecule is CN1CC2CN(Cc3c2c2ccccc2n3Cc2ccc(C(=O)NO)cc2)C1=O. The minimum Gasteiger partial charge on any atom is -0.338 e. The van der Waals surface area contributed by atoms with Crippen LogP contribution in [0.4, 0.5) is 4.79 Å². The molecule has 2 aliphatic heterocycles. The number of fused-ring (bicyclic) bond motifs is 6. The van der Waals surface area contributed by atoms with Crippen LogP contribution in [0.15, 0.2) is 48.5 Å². The fraction of sp³-hybridized carbons (Fsp3) is 0.273. The van der Waals surface area contributed by atoms with Gasteiger partial charge in [0.05, 0.1) is 6.54 Å². The Morgan fingerprint density at radius 1 is 1.14 bits per heavy atom. The summed E-state index contributed by atoms with van der Waals surface area (Å²) in [6.45, 7) is 2.77. The molecule has 0 spiro atoms. The van der Waals surface area contributed by atoms with Crippen molar-refractivity contribution < 1.29 is 14.8 Å². The molecule has 2 N–H and O–H groups in total. The Bertz CT molecular complexity index is 1120. The average Bonchev–Trinajstić information content (AvgIpc) is 3.06. The summed E-state index contributed by atoms with van der Waals surface area (Å²) in [5.74, 6) is -0.216. The molecule has 0 saturated carbocycles. The van der Waals surface area contributed by atoms with Gasteiger partial charge in [0.15, 0.2) is 0 Å².